The number of hydrogen-bond acceptors (Lipinski definition) is 1. The van der Waals surface area contributed by atoms with Crippen molar-refractivity contribution in [1.29, 1.82) is 0 Å². The summed E-state index contributed by atoms with van der Waals surface area (Å²) in [4.78, 5) is 0. The van der Waals surface area contributed by atoms with Crippen molar-refractivity contribution < 1.29 is 17.9 Å². The molecular formula is C15H15F3O. The van der Waals surface area contributed by atoms with Gasteiger partial charge < -0.3 is 4.74 Å². The van der Waals surface area contributed by atoms with Crippen LogP contribution in [0.15, 0.2) is 54.1 Å². The third kappa shape index (κ3) is 3.07. The van der Waals surface area contributed by atoms with E-state index in [2.05, 4.69) is 6.58 Å². The molecule has 0 fully saturated rings. The molecule has 0 N–H and O–H groups in total. The molecule has 1 heterocycles. The van der Waals surface area contributed by atoms with Crippen LogP contribution in [0.3, 0.4) is 0 Å². The van der Waals surface area contributed by atoms with Gasteiger partial charge in [0, 0.05) is 5.92 Å². The van der Waals surface area contributed by atoms with E-state index in [1.54, 1.807) is 43.3 Å². The van der Waals surface area contributed by atoms with Crippen LogP contribution in [0.25, 0.3) is 0 Å². The van der Waals surface area contributed by atoms with Gasteiger partial charge in [0.2, 0.25) is 0 Å². The van der Waals surface area contributed by atoms with Gasteiger partial charge in [-0.25, -0.2) is 0 Å². The molecule has 1 aliphatic rings. The number of benzene rings is 1. The molecule has 2 atom stereocenters. The Morgan fingerprint density at radius 1 is 1.26 bits per heavy atom. The first-order valence-electron chi connectivity index (χ1n) is 5.99. The van der Waals surface area contributed by atoms with Gasteiger partial charge >= 0.3 is 6.18 Å². The van der Waals surface area contributed by atoms with Crippen LogP contribution >= 0.6 is 0 Å². The third-order valence-electron chi connectivity index (χ3n) is 3.18. The van der Waals surface area contributed by atoms with Crippen LogP contribution in [-0.2, 0) is 4.74 Å². The van der Waals surface area contributed by atoms with Crippen LogP contribution < -0.4 is 0 Å². The fourth-order valence-electron chi connectivity index (χ4n) is 2.15. The lowest BCUT2D eigenvalue weighted by atomic mass is 9.88. The van der Waals surface area contributed by atoms with Crippen LogP contribution in [0.4, 0.5) is 13.2 Å². The normalized spacial score (nSPS) is 23.9. The van der Waals surface area contributed by atoms with E-state index < -0.39 is 18.2 Å². The Balaban J connectivity index is 2.41. The zero-order valence-corrected chi connectivity index (χ0v) is 10.6. The van der Waals surface area contributed by atoms with Gasteiger partial charge in [-0.05, 0) is 18.1 Å². The second-order valence-electron chi connectivity index (χ2n) is 4.68. The summed E-state index contributed by atoms with van der Waals surface area (Å²) in [6.45, 7) is 5.49. The van der Waals surface area contributed by atoms with Crippen LogP contribution in [0, 0.1) is 0 Å². The van der Waals surface area contributed by atoms with Gasteiger partial charge in [0.1, 0.15) is 0 Å². The molecule has 1 nitrogen and oxygen atoms in total. The van der Waals surface area contributed by atoms with Gasteiger partial charge in [0.15, 0.2) is 6.10 Å². The topological polar surface area (TPSA) is 9.23 Å². The molecular weight excluding hydrogens is 253 g/mol. The Morgan fingerprint density at radius 3 is 2.42 bits per heavy atom. The van der Waals surface area contributed by atoms with Gasteiger partial charge in [0.05, 0.1) is 6.61 Å². The Bertz CT molecular complexity index is 488. The molecule has 102 valence electrons. The maximum atomic E-state index is 13.0. The number of ether oxygens (including phenoxy) is 1. The van der Waals surface area contributed by atoms with Crippen molar-refractivity contribution in [3.63, 3.8) is 0 Å². The van der Waals surface area contributed by atoms with Gasteiger partial charge in [-0.2, -0.15) is 13.2 Å². The van der Waals surface area contributed by atoms with E-state index in [0.717, 1.165) is 11.1 Å². The summed E-state index contributed by atoms with van der Waals surface area (Å²) >= 11 is 0. The lowest BCUT2D eigenvalue weighted by molar-refractivity contribution is -0.224. The molecule has 2 rings (SSSR count). The molecule has 0 amide bonds. The number of halogens is 3. The van der Waals surface area contributed by atoms with Gasteiger partial charge in [0.25, 0.3) is 0 Å². The summed E-state index contributed by atoms with van der Waals surface area (Å²) in [7, 11) is 0. The smallest absolute Gasteiger partial charge is 0.363 e. The minimum Gasteiger partial charge on any atom is -0.363 e. The second-order valence-corrected chi connectivity index (χ2v) is 4.68. The molecule has 0 saturated heterocycles. The minimum atomic E-state index is -4.38. The van der Waals surface area contributed by atoms with Crippen LogP contribution in [0.5, 0.6) is 0 Å². The Morgan fingerprint density at radius 2 is 1.89 bits per heavy atom. The highest BCUT2D eigenvalue weighted by atomic mass is 19.4. The highest BCUT2D eigenvalue weighted by Crippen LogP contribution is 2.39. The summed E-state index contributed by atoms with van der Waals surface area (Å²) in [5, 5.41) is 0. The molecule has 0 spiro atoms. The highest BCUT2D eigenvalue weighted by molar-refractivity contribution is 5.36. The van der Waals surface area contributed by atoms with Gasteiger partial charge in [-0.15, -0.1) is 0 Å². The molecule has 4 heteroatoms. The highest BCUT2D eigenvalue weighted by Gasteiger charge is 2.47. The minimum absolute atomic E-state index is 0.0388. The zero-order valence-electron chi connectivity index (χ0n) is 10.6. The summed E-state index contributed by atoms with van der Waals surface area (Å²) < 4.78 is 44.1. The van der Waals surface area contributed by atoms with E-state index in [4.69, 9.17) is 4.74 Å². The van der Waals surface area contributed by atoms with Crippen molar-refractivity contribution in [3.05, 3.63) is 59.7 Å². The van der Waals surface area contributed by atoms with Crippen LogP contribution in [-0.4, -0.2) is 18.9 Å². The van der Waals surface area contributed by atoms with Crippen molar-refractivity contribution in [1.82, 2.24) is 0 Å². The van der Waals surface area contributed by atoms with E-state index in [1.807, 2.05) is 0 Å². The van der Waals surface area contributed by atoms with Crippen LogP contribution in [0.2, 0.25) is 0 Å². The predicted molar refractivity (Wildman–Crippen MR) is 67.9 cm³/mol. The van der Waals surface area contributed by atoms with Crippen molar-refractivity contribution in [2.24, 2.45) is 0 Å². The Hall–Kier alpha value is -1.55. The molecule has 0 aromatic heterocycles. The summed E-state index contributed by atoms with van der Waals surface area (Å²) in [5.74, 6) is -0.818. The maximum absolute atomic E-state index is 13.0. The van der Waals surface area contributed by atoms with E-state index in [-0.39, 0.29) is 6.61 Å². The first kappa shape index (κ1) is 13.9. The van der Waals surface area contributed by atoms with Gasteiger partial charge in [-0.1, -0.05) is 48.6 Å². The van der Waals surface area contributed by atoms with Crippen molar-refractivity contribution in [2.45, 2.75) is 25.1 Å². The molecule has 0 aliphatic carbocycles. The number of rotatable bonds is 2. The molecule has 0 saturated carbocycles. The average molecular weight is 268 g/mol. The summed E-state index contributed by atoms with van der Waals surface area (Å²) in [6, 6.07) is 8.60. The van der Waals surface area contributed by atoms with Crippen molar-refractivity contribution in [3.8, 4) is 0 Å². The SMILES string of the molecule is C=C(C)C1=CC(c2ccccc2)C(C(F)(F)F)OC1. The first-order valence-corrected chi connectivity index (χ1v) is 5.99. The molecule has 1 aromatic carbocycles. The van der Waals surface area contributed by atoms with Crippen LogP contribution in [0.1, 0.15) is 18.4 Å². The lowest BCUT2D eigenvalue weighted by Crippen LogP contribution is -2.39. The maximum Gasteiger partial charge on any atom is 0.415 e. The summed E-state index contributed by atoms with van der Waals surface area (Å²) in [6.07, 6.45) is -4.55. The molecule has 0 radical (unpaired) electrons. The molecule has 1 aliphatic heterocycles. The summed E-state index contributed by atoms with van der Waals surface area (Å²) in [5.41, 5.74) is 2.07. The van der Waals surface area contributed by atoms with E-state index in [0.29, 0.717) is 5.56 Å². The quantitative estimate of drug-likeness (QED) is 0.779. The number of alkyl halides is 3. The van der Waals surface area contributed by atoms with E-state index in [1.165, 1.54) is 0 Å². The van der Waals surface area contributed by atoms with Crippen molar-refractivity contribution in [2.75, 3.05) is 6.61 Å². The van der Waals surface area contributed by atoms with E-state index >= 15 is 0 Å². The lowest BCUT2D eigenvalue weighted by Gasteiger charge is -2.32. The van der Waals surface area contributed by atoms with Gasteiger partial charge in [-0.3, -0.25) is 0 Å². The fourth-order valence-corrected chi connectivity index (χ4v) is 2.15. The molecule has 19 heavy (non-hydrogen) atoms. The molecule has 1 aromatic rings. The molecule has 2 unspecified atom stereocenters. The average Bonchev–Trinajstić information content (AvgIpc) is 2.38. The first-order chi connectivity index (χ1) is 8.89. The monoisotopic (exact) mass is 268 g/mol. The third-order valence-corrected chi connectivity index (χ3v) is 3.18. The van der Waals surface area contributed by atoms with Crippen molar-refractivity contribution >= 4 is 0 Å². The molecule has 0 bridgehead atoms. The Kier molecular flexibility index (Phi) is 3.80. The standard InChI is InChI=1S/C15H15F3O/c1-10(2)12-8-13(11-6-4-3-5-7-11)14(19-9-12)15(16,17)18/h3-8,13-14H,1,9H2,2H3. The second kappa shape index (κ2) is 5.21. The Labute approximate surface area is 110 Å². The number of hydrogen-bond donors (Lipinski definition) is 0. The van der Waals surface area contributed by atoms with E-state index in [9.17, 15) is 13.2 Å². The zero-order chi connectivity index (χ0) is 14.0. The largest absolute Gasteiger partial charge is 0.415 e. The predicted octanol–water partition coefficient (Wildman–Crippen LogP) is 4.23. The fraction of sp³-hybridized carbons (Fsp3) is 0.333.